The number of allylic oxidation sites excluding steroid dienone is 1. The largest absolute Gasteiger partial charge is 0.365 e. The molecule has 1 aromatic carbocycles. The lowest BCUT2D eigenvalue weighted by atomic mass is 10.1. The van der Waals surface area contributed by atoms with Gasteiger partial charge in [0.25, 0.3) is 0 Å². The van der Waals surface area contributed by atoms with Gasteiger partial charge in [0.15, 0.2) is 0 Å². The number of aromatic nitrogens is 1. The van der Waals surface area contributed by atoms with Gasteiger partial charge in [-0.25, -0.2) is 4.98 Å². The number of nitrogens with one attached hydrogen (secondary N) is 1. The van der Waals surface area contributed by atoms with Crippen molar-refractivity contribution in [1.29, 1.82) is 0 Å². The van der Waals surface area contributed by atoms with Gasteiger partial charge in [0, 0.05) is 23.6 Å². The molecule has 1 aromatic heterocycles. The number of methoxy groups -OCH3 is 1. The van der Waals surface area contributed by atoms with Gasteiger partial charge in [0.05, 0.1) is 0 Å². The first-order chi connectivity index (χ1) is 9.60. The molecule has 0 aliphatic carbocycles. The third kappa shape index (κ3) is 3.62. The minimum Gasteiger partial charge on any atom is -0.365 e. The molecule has 0 unspecified atom stereocenters. The Morgan fingerprint density at radius 3 is 2.80 bits per heavy atom. The highest BCUT2D eigenvalue weighted by molar-refractivity contribution is 8.11. The summed E-state index contributed by atoms with van der Waals surface area (Å²) in [7, 11) is 1.64. The number of rotatable bonds is 6. The number of thioether (sulfide) groups is 1. The van der Waals surface area contributed by atoms with Crippen LogP contribution in [0.2, 0.25) is 0 Å². The molecule has 2 aromatic rings. The van der Waals surface area contributed by atoms with Crippen LogP contribution in [0.1, 0.15) is 12.5 Å². The lowest BCUT2D eigenvalue weighted by Gasteiger charge is -2.08. The van der Waals surface area contributed by atoms with E-state index < -0.39 is 0 Å². The minimum atomic E-state index is 0.441. The maximum absolute atomic E-state index is 4.99. The van der Waals surface area contributed by atoms with Crippen molar-refractivity contribution in [2.75, 3.05) is 19.2 Å². The lowest BCUT2D eigenvalue weighted by Crippen LogP contribution is -2.04. The third-order valence-electron chi connectivity index (χ3n) is 2.74. The summed E-state index contributed by atoms with van der Waals surface area (Å²) in [6, 6.07) is 8.25. The molecule has 3 nitrogen and oxygen atoms in total. The summed E-state index contributed by atoms with van der Waals surface area (Å²) in [6.07, 6.45) is 1.85. The fraction of sp³-hybridized carbons (Fsp3) is 0.188. The van der Waals surface area contributed by atoms with Crippen LogP contribution in [0.15, 0.2) is 48.5 Å². The van der Waals surface area contributed by atoms with Crippen LogP contribution in [0.5, 0.6) is 0 Å². The number of hydrogen-bond donors (Lipinski definition) is 1. The van der Waals surface area contributed by atoms with E-state index >= 15 is 0 Å². The van der Waals surface area contributed by atoms with Crippen molar-refractivity contribution in [3.05, 3.63) is 54.1 Å². The van der Waals surface area contributed by atoms with Gasteiger partial charge in [-0.15, -0.1) is 0 Å². The van der Waals surface area contributed by atoms with E-state index in [9.17, 15) is 0 Å². The Morgan fingerprint density at radius 1 is 1.30 bits per heavy atom. The highest BCUT2D eigenvalue weighted by Gasteiger charge is 2.03. The molecule has 0 aliphatic rings. The first kappa shape index (κ1) is 14.6. The second kappa shape index (κ2) is 6.59. The maximum atomic E-state index is 4.99. The highest BCUT2D eigenvalue weighted by Crippen LogP contribution is 2.32. The second-order valence-electron chi connectivity index (χ2n) is 4.47. The summed E-state index contributed by atoms with van der Waals surface area (Å²) < 4.78 is 4.99. The van der Waals surface area contributed by atoms with E-state index in [1.54, 1.807) is 18.9 Å². The predicted molar refractivity (Wildman–Crippen MR) is 88.7 cm³/mol. The van der Waals surface area contributed by atoms with Crippen LogP contribution in [0.25, 0.3) is 15.7 Å². The first-order valence-corrected chi connectivity index (χ1v) is 7.07. The average molecular weight is 286 g/mol. The molecule has 2 rings (SSSR count). The zero-order valence-electron chi connectivity index (χ0n) is 11.8. The summed E-state index contributed by atoms with van der Waals surface area (Å²) in [4.78, 5) is 6.37. The Hall–Kier alpha value is -1.78. The van der Waals surface area contributed by atoms with Crippen LogP contribution in [-0.4, -0.2) is 18.8 Å². The zero-order chi connectivity index (χ0) is 14.5. The molecular weight excluding hydrogens is 268 g/mol. The van der Waals surface area contributed by atoms with E-state index in [2.05, 4.69) is 41.7 Å². The van der Waals surface area contributed by atoms with Crippen molar-refractivity contribution >= 4 is 33.3 Å². The van der Waals surface area contributed by atoms with Crippen LogP contribution >= 0.6 is 11.8 Å². The number of fused-ring (bicyclic) bond motifs is 1. The molecule has 1 N–H and O–H groups in total. The molecule has 20 heavy (non-hydrogen) atoms. The monoisotopic (exact) mass is 286 g/mol. The van der Waals surface area contributed by atoms with E-state index in [0.717, 1.165) is 32.0 Å². The number of ether oxygens (including phenoxy) is 1. The molecule has 0 aliphatic heterocycles. The SMILES string of the molecule is C=C(C)SC(=C)c1ccc2cnc(NCOC)cc2c1. The number of hydrogen-bond acceptors (Lipinski definition) is 4. The number of pyridine rings is 1. The summed E-state index contributed by atoms with van der Waals surface area (Å²) >= 11 is 1.59. The molecule has 0 radical (unpaired) electrons. The first-order valence-electron chi connectivity index (χ1n) is 6.25. The van der Waals surface area contributed by atoms with Gasteiger partial charge in [-0.05, 0) is 34.9 Å². The van der Waals surface area contributed by atoms with Crippen LogP contribution in [-0.2, 0) is 4.74 Å². The predicted octanol–water partition coefficient (Wildman–Crippen LogP) is 4.49. The Kier molecular flexibility index (Phi) is 4.82. The van der Waals surface area contributed by atoms with Crippen molar-refractivity contribution in [2.45, 2.75) is 6.92 Å². The summed E-state index contributed by atoms with van der Waals surface area (Å²) in [6.45, 7) is 10.4. The Bertz CT molecular complexity index is 652. The molecule has 104 valence electrons. The van der Waals surface area contributed by atoms with Crippen LogP contribution in [0.3, 0.4) is 0 Å². The fourth-order valence-electron chi connectivity index (χ4n) is 1.83. The number of benzene rings is 1. The molecule has 1 heterocycles. The quantitative estimate of drug-likeness (QED) is 0.793. The van der Waals surface area contributed by atoms with E-state index in [4.69, 9.17) is 4.74 Å². The van der Waals surface area contributed by atoms with Gasteiger partial charge in [0.1, 0.15) is 12.5 Å². The van der Waals surface area contributed by atoms with Crippen LogP contribution < -0.4 is 5.32 Å². The molecular formula is C16H18N2OS. The van der Waals surface area contributed by atoms with Crippen molar-refractivity contribution < 1.29 is 4.74 Å². The molecule has 0 fully saturated rings. The smallest absolute Gasteiger partial charge is 0.128 e. The second-order valence-corrected chi connectivity index (χ2v) is 5.86. The van der Waals surface area contributed by atoms with Crippen LogP contribution in [0, 0.1) is 0 Å². The molecule has 0 spiro atoms. The third-order valence-corrected chi connectivity index (χ3v) is 3.57. The van der Waals surface area contributed by atoms with E-state index in [0.29, 0.717) is 6.73 Å². The Balaban J connectivity index is 2.31. The topological polar surface area (TPSA) is 34.2 Å². The highest BCUT2D eigenvalue weighted by atomic mass is 32.2. The van der Waals surface area contributed by atoms with E-state index in [1.165, 1.54) is 0 Å². The van der Waals surface area contributed by atoms with Gasteiger partial charge in [0.2, 0.25) is 0 Å². The fourth-order valence-corrected chi connectivity index (χ4v) is 2.49. The van der Waals surface area contributed by atoms with Crippen molar-refractivity contribution in [2.24, 2.45) is 0 Å². The number of nitrogens with zero attached hydrogens (tertiary/aromatic N) is 1. The normalized spacial score (nSPS) is 10.5. The summed E-state index contributed by atoms with van der Waals surface area (Å²) in [5, 5.41) is 5.32. The van der Waals surface area contributed by atoms with Gasteiger partial charge in [-0.3, -0.25) is 0 Å². The van der Waals surface area contributed by atoms with Gasteiger partial charge >= 0.3 is 0 Å². The van der Waals surface area contributed by atoms with Gasteiger partial charge < -0.3 is 10.1 Å². The molecule has 0 amide bonds. The molecule has 0 saturated heterocycles. The van der Waals surface area contributed by atoms with Gasteiger partial charge in [-0.2, -0.15) is 0 Å². The van der Waals surface area contributed by atoms with Crippen LogP contribution in [0.4, 0.5) is 5.82 Å². The Labute approximate surface area is 123 Å². The molecule has 0 atom stereocenters. The average Bonchev–Trinajstić information content (AvgIpc) is 2.43. The lowest BCUT2D eigenvalue weighted by molar-refractivity contribution is 0.221. The van der Waals surface area contributed by atoms with E-state index in [-0.39, 0.29) is 0 Å². The Morgan fingerprint density at radius 2 is 2.10 bits per heavy atom. The zero-order valence-corrected chi connectivity index (χ0v) is 12.6. The van der Waals surface area contributed by atoms with Crippen molar-refractivity contribution in [3.63, 3.8) is 0 Å². The summed E-state index contributed by atoms with van der Waals surface area (Å²) in [5.74, 6) is 0.801. The maximum Gasteiger partial charge on any atom is 0.128 e. The summed E-state index contributed by atoms with van der Waals surface area (Å²) in [5.41, 5.74) is 1.11. The van der Waals surface area contributed by atoms with E-state index in [1.807, 2.05) is 19.2 Å². The molecule has 4 heteroatoms. The minimum absolute atomic E-state index is 0.441. The molecule has 0 bridgehead atoms. The standard InChI is InChI=1S/C16H18N2OS/c1-11(2)20-12(3)13-5-6-14-9-17-16(18-10-19-4)8-15(14)7-13/h5-9H,1,3,10H2,2,4H3,(H,17,18). The molecule has 0 saturated carbocycles. The van der Waals surface area contributed by atoms with Crippen molar-refractivity contribution in [3.8, 4) is 0 Å². The van der Waals surface area contributed by atoms with Gasteiger partial charge in [-0.1, -0.05) is 37.1 Å². The number of anilines is 1. The van der Waals surface area contributed by atoms with Crippen molar-refractivity contribution in [1.82, 2.24) is 4.98 Å².